The van der Waals surface area contributed by atoms with Gasteiger partial charge in [-0.25, -0.2) is 0 Å². The summed E-state index contributed by atoms with van der Waals surface area (Å²) in [5, 5.41) is 0.642. The zero-order chi connectivity index (χ0) is 22.9. The fourth-order valence-corrected chi connectivity index (χ4v) is 3.65. The molecule has 0 bridgehead atoms. The van der Waals surface area contributed by atoms with Crippen LogP contribution in [0.5, 0.6) is 11.5 Å². The van der Waals surface area contributed by atoms with Crippen LogP contribution in [0.3, 0.4) is 0 Å². The fraction of sp³-hybridized carbons (Fsp3) is 0.250. The van der Waals surface area contributed by atoms with E-state index < -0.39 is 6.10 Å². The maximum atomic E-state index is 13.3. The van der Waals surface area contributed by atoms with Crippen LogP contribution in [-0.4, -0.2) is 5.97 Å². The summed E-state index contributed by atoms with van der Waals surface area (Å²) in [5.74, 6) is 0.880. The van der Waals surface area contributed by atoms with E-state index >= 15 is 0 Å². The maximum Gasteiger partial charge on any atom is 0.314 e. The van der Waals surface area contributed by atoms with Gasteiger partial charge in [-0.05, 0) is 60.4 Å². The Morgan fingerprint density at radius 3 is 2.25 bits per heavy atom. The molecule has 166 valence electrons. The van der Waals surface area contributed by atoms with Gasteiger partial charge in [-0.1, -0.05) is 80.9 Å². The zero-order valence-electron chi connectivity index (χ0n) is 18.7. The highest BCUT2D eigenvalue weighted by Crippen LogP contribution is 2.32. The van der Waals surface area contributed by atoms with E-state index in [9.17, 15) is 4.79 Å². The molecule has 3 rings (SSSR count). The number of halogens is 1. The Labute approximate surface area is 195 Å². The summed E-state index contributed by atoms with van der Waals surface area (Å²) in [6, 6.07) is 24.7. The number of hydrogen-bond donors (Lipinski definition) is 0. The highest BCUT2D eigenvalue weighted by atomic mass is 35.5. The lowest BCUT2D eigenvalue weighted by Gasteiger charge is -2.23. The topological polar surface area (TPSA) is 35.5 Å². The lowest BCUT2D eigenvalue weighted by Crippen LogP contribution is -2.22. The third kappa shape index (κ3) is 6.48. The normalized spacial score (nSPS) is 13.2. The van der Waals surface area contributed by atoms with Crippen molar-refractivity contribution < 1.29 is 14.3 Å². The molecule has 0 aliphatic heterocycles. The molecule has 0 saturated heterocycles. The first-order valence-electron chi connectivity index (χ1n) is 10.9. The van der Waals surface area contributed by atoms with Gasteiger partial charge < -0.3 is 9.47 Å². The van der Waals surface area contributed by atoms with Gasteiger partial charge in [0.15, 0.2) is 0 Å². The van der Waals surface area contributed by atoms with Gasteiger partial charge in [-0.3, -0.25) is 4.79 Å². The van der Waals surface area contributed by atoms with Crippen LogP contribution in [0.25, 0.3) is 0 Å². The number of rotatable bonds is 9. The van der Waals surface area contributed by atoms with Crippen LogP contribution in [-0.2, 0) is 9.53 Å². The van der Waals surface area contributed by atoms with Gasteiger partial charge in [0.1, 0.15) is 17.6 Å². The molecule has 0 saturated carbocycles. The third-order valence-electron chi connectivity index (χ3n) is 5.10. The van der Waals surface area contributed by atoms with Crippen molar-refractivity contribution in [2.45, 2.75) is 39.2 Å². The summed E-state index contributed by atoms with van der Waals surface area (Å²) in [6.07, 6.45) is 4.28. The van der Waals surface area contributed by atoms with Gasteiger partial charge in [0.25, 0.3) is 0 Å². The average Bonchev–Trinajstić information content (AvgIpc) is 2.79. The van der Waals surface area contributed by atoms with Gasteiger partial charge in [0.05, 0.1) is 5.92 Å². The number of hydrogen-bond acceptors (Lipinski definition) is 3. The first-order valence-corrected chi connectivity index (χ1v) is 11.3. The molecule has 0 heterocycles. The van der Waals surface area contributed by atoms with Crippen LogP contribution in [0.15, 0.2) is 91.0 Å². The van der Waals surface area contributed by atoms with Crippen LogP contribution in [0.2, 0.25) is 5.02 Å². The molecule has 0 aliphatic rings. The van der Waals surface area contributed by atoms with Crippen LogP contribution < -0.4 is 4.74 Å². The molecule has 0 radical (unpaired) electrons. The Morgan fingerprint density at radius 1 is 0.906 bits per heavy atom. The number of allylic oxidation sites excluding steroid dienone is 1. The summed E-state index contributed by atoms with van der Waals surface area (Å²) in [4.78, 5) is 13.3. The first-order chi connectivity index (χ1) is 15.5. The van der Waals surface area contributed by atoms with E-state index in [4.69, 9.17) is 21.1 Å². The lowest BCUT2D eigenvalue weighted by molar-refractivity contribution is -0.150. The standard InChI is InChI=1S/C28H29ClO3/c1-4-5-14-26(22-10-9-13-25(19-22)31-24-11-7-6-8-12-24)32-28(30)27(20(2)3)21-15-17-23(29)18-16-21/h5-20,26-27H,4H2,1-3H3. The Kier molecular flexibility index (Phi) is 8.52. The molecular weight excluding hydrogens is 420 g/mol. The van der Waals surface area contributed by atoms with Crippen molar-refractivity contribution in [3.63, 3.8) is 0 Å². The number of para-hydroxylation sites is 1. The van der Waals surface area contributed by atoms with E-state index in [-0.39, 0.29) is 17.8 Å². The molecule has 32 heavy (non-hydrogen) atoms. The van der Waals surface area contributed by atoms with Crippen LogP contribution in [0.1, 0.15) is 50.3 Å². The van der Waals surface area contributed by atoms with Gasteiger partial charge in [-0.15, -0.1) is 0 Å². The summed E-state index contributed by atoms with van der Waals surface area (Å²) in [6.45, 7) is 6.09. The van der Waals surface area contributed by atoms with Crippen molar-refractivity contribution in [3.8, 4) is 11.5 Å². The molecule has 0 amide bonds. The predicted octanol–water partition coefficient (Wildman–Crippen LogP) is 8.12. The van der Waals surface area contributed by atoms with Crippen LogP contribution in [0.4, 0.5) is 0 Å². The molecule has 0 aliphatic carbocycles. The monoisotopic (exact) mass is 448 g/mol. The number of carbonyl (C=O) groups excluding carboxylic acids is 1. The molecule has 3 nitrogen and oxygen atoms in total. The second-order valence-corrected chi connectivity index (χ2v) is 8.39. The minimum absolute atomic E-state index is 0.0761. The molecule has 0 N–H and O–H groups in total. The highest BCUT2D eigenvalue weighted by molar-refractivity contribution is 6.30. The second-order valence-electron chi connectivity index (χ2n) is 7.95. The molecule has 4 heteroatoms. The van der Waals surface area contributed by atoms with Crippen LogP contribution in [0, 0.1) is 5.92 Å². The molecule has 0 aromatic heterocycles. The second kappa shape index (κ2) is 11.5. The number of esters is 1. The van der Waals surface area contributed by atoms with Crippen molar-refractivity contribution in [3.05, 3.63) is 107 Å². The molecular formula is C28H29ClO3. The van der Waals surface area contributed by atoms with Gasteiger partial charge in [0, 0.05) is 10.6 Å². The Balaban J connectivity index is 1.84. The van der Waals surface area contributed by atoms with Crippen molar-refractivity contribution in [2.24, 2.45) is 5.92 Å². The largest absolute Gasteiger partial charge is 0.457 e. The summed E-state index contributed by atoms with van der Waals surface area (Å²) in [7, 11) is 0. The van der Waals surface area contributed by atoms with Crippen molar-refractivity contribution in [1.29, 1.82) is 0 Å². The minimum Gasteiger partial charge on any atom is -0.457 e. The van der Waals surface area contributed by atoms with Crippen molar-refractivity contribution in [1.82, 2.24) is 0 Å². The van der Waals surface area contributed by atoms with Gasteiger partial charge >= 0.3 is 5.97 Å². The SMILES string of the molecule is CCC=CC(OC(=O)C(c1ccc(Cl)cc1)C(C)C)c1cccc(Oc2ccccc2)c1. The van der Waals surface area contributed by atoms with E-state index in [1.54, 1.807) is 12.1 Å². The number of benzene rings is 3. The summed E-state index contributed by atoms with van der Waals surface area (Å²) < 4.78 is 12.0. The maximum absolute atomic E-state index is 13.3. The van der Waals surface area contributed by atoms with Gasteiger partial charge in [-0.2, -0.15) is 0 Å². The minimum atomic E-state index is -0.504. The van der Waals surface area contributed by atoms with Crippen molar-refractivity contribution in [2.75, 3.05) is 0 Å². The van der Waals surface area contributed by atoms with E-state index in [1.807, 2.05) is 92.7 Å². The summed E-state index contributed by atoms with van der Waals surface area (Å²) >= 11 is 6.03. The highest BCUT2D eigenvalue weighted by Gasteiger charge is 2.28. The van der Waals surface area contributed by atoms with E-state index in [2.05, 4.69) is 6.92 Å². The summed E-state index contributed by atoms with van der Waals surface area (Å²) in [5.41, 5.74) is 1.75. The smallest absolute Gasteiger partial charge is 0.314 e. The quantitative estimate of drug-likeness (QED) is 0.245. The fourth-order valence-electron chi connectivity index (χ4n) is 3.52. The number of ether oxygens (including phenoxy) is 2. The molecule has 2 atom stereocenters. The van der Waals surface area contributed by atoms with Gasteiger partial charge in [0.2, 0.25) is 0 Å². The Morgan fingerprint density at radius 2 is 1.59 bits per heavy atom. The molecule has 2 unspecified atom stereocenters. The molecule has 0 fully saturated rings. The average molecular weight is 449 g/mol. The van der Waals surface area contributed by atoms with Crippen LogP contribution >= 0.6 is 11.6 Å². The zero-order valence-corrected chi connectivity index (χ0v) is 19.5. The lowest BCUT2D eigenvalue weighted by atomic mass is 9.88. The van der Waals surface area contributed by atoms with E-state index in [0.717, 1.165) is 23.3 Å². The third-order valence-corrected chi connectivity index (χ3v) is 5.36. The molecule has 3 aromatic rings. The Bertz CT molecular complexity index is 1030. The van der Waals surface area contributed by atoms with E-state index in [1.165, 1.54) is 0 Å². The van der Waals surface area contributed by atoms with E-state index in [0.29, 0.717) is 10.8 Å². The molecule has 3 aromatic carbocycles. The molecule has 0 spiro atoms. The van der Waals surface area contributed by atoms with Crippen molar-refractivity contribution >= 4 is 17.6 Å². The first kappa shape index (κ1) is 23.6. The number of carbonyl (C=O) groups is 1. The Hall–Kier alpha value is -3.04. The predicted molar refractivity (Wildman–Crippen MR) is 130 cm³/mol.